The zero-order valence-corrected chi connectivity index (χ0v) is 20.0. The van der Waals surface area contributed by atoms with Gasteiger partial charge in [0, 0.05) is 38.5 Å². The lowest BCUT2D eigenvalue weighted by molar-refractivity contribution is -0.132. The highest BCUT2D eigenvalue weighted by Crippen LogP contribution is 2.29. The fraction of sp³-hybridized carbons (Fsp3) is 0.296. The quantitative estimate of drug-likeness (QED) is 0.547. The van der Waals surface area contributed by atoms with E-state index < -0.39 is 10.0 Å². The average Bonchev–Trinajstić information content (AvgIpc) is 2.85. The molecule has 0 saturated carbocycles. The number of nitrogens with zero attached hydrogens (tertiary/aromatic N) is 2. The lowest BCUT2D eigenvalue weighted by atomic mass is 9.88. The van der Waals surface area contributed by atoms with Crippen molar-refractivity contribution in [2.24, 2.45) is 0 Å². The molecule has 3 aromatic carbocycles. The molecule has 0 radical (unpaired) electrons. The molecule has 1 saturated heterocycles. The predicted octanol–water partition coefficient (Wildman–Crippen LogP) is 4.36. The number of benzene rings is 3. The third kappa shape index (κ3) is 5.18. The highest BCUT2D eigenvalue weighted by atomic mass is 32.2. The van der Waals surface area contributed by atoms with Gasteiger partial charge in [0.05, 0.1) is 4.90 Å². The number of piperazine rings is 1. The topological polar surface area (TPSA) is 57.7 Å². The van der Waals surface area contributed by atoms with Crippen molar-refractivity contribution >= 4 is 15.9 Å². The summed E-state index contributed by atoms with van der Waals surface area (Å²) in [6.45, 7) is 5.30. The van der Waals surface area contributed by atoms with Gasteiger partial charge in [-0.3, -0.25) is 4.79 Å². The molecule has 0 aliphatic carbocycles. The number of hydrogen-bond donors (Lipinski definition) is 0. The van der Waals surface area contributed by atoms with Crippen LogP contribution in [0.25, 0.3) is 0 Å². The SMILES string of the molecule is Cc1ccc(S(=O)(=O)N2CCN(C(=O)CC(c3ccccc3)c3ccccc3)CC2)cc1C. The Morgan fingerprint density at radius 1 is 0.788 bits per heavy atom. The molecule has 5 nitrogen and oxygen atoms in total. The molecular weight excluding hydrogens is 432 g/mol. The van der Waals surface area contributed by atoms with E-state index in [1.807, 2.05) is 56.3 Å². The van der Waals surface area contributed by atoms with Gasteiger partial charge in [0.1, 0.15) is 0 Å². The molecule has 0 atom stereocenters. The number of aryl methyl sites for hydroxylation is 2. The molecule has 172 valence electrons. The summed E-state index contributed by atoms with van der Waals surface area (Å²) in [5.74, 6) is 0.0214. The van der Waals surface area contributed by atoms with Crippen LogP contribution >= 0.6 is 0 Å². The second-order valence-electron chi connectivity index (χ2n) is 8.61. The van der Waals surface area contributed by atoms with E-state index in [0.717, 1.165) is 22.3 Å². The zero-order chi connectivity index (χ0) is 23.4. The summed E-state index contributed by atoms with van der Waals surface area (Å²) in [5.41, 5.74) is 4.23. The van der Waals surface area contributed by atoms with Crippen LogP contribution in [-0.4, -0.2) is 49.7 Å². The molecule has 0 bridgehead atoms. The van der Waals surface area contributed by atoms with Gasteiger partial charge in [-0.2, -0.15) is 4.31 Å². The molecule has 6 heteroatoms. The van der Waals surface area contributed by atoms with Crippen molar-refractivity contribution < 1.29 is 13.2 Å². The van der Waals surface area contributed by atoms with Crippen LogP contribution in [0.1, 0.15) is 34.6 Å². The molecule has 1 fully saturated rings. The van der Waals surface area contributed by atoms with Crippen LogP contribution in [0.15, 0.2) is 83.8 Å². The van der Waals surface area contributed by atoms with E-state index in [1.54, 1.807) is 17.0 Å². The van der Waals surface area contributed by atoms with Gasteiger partial charge in [0.25, 0.3) is 0 Å². The fourth-order valence-electron chi connectivity index (χ4n) is 4.30. The van der Waals surface area contributed by atoms with Gasteiger partial charge in [0.15, 0.2) is 0 Å². The lowest BCUT2D eigenvalue weighted by Gasteiger charge is -2.35. The number of hydrogen-bond acceptors (Lipinski definition) is 3. The van der Waals surface area contributed by atoms with Crippen LogP contribution in [0.4, 0.5) is 0 Å². The number of amides is 1. The minimum Gasteiger partial charge on any atom is -0.340 e. The average molecular weight is 463 g/mol. The van der Waals surface area contributed by atoms with E-state index >= 15 is 0 Å². The largest absolute Gasteiger partial charge is 0.340 e. The van der Waals surface area contributed by atoms with E-state index in [9.17, 15) is 13.2 Å². The molecule has 1 amide bonds. The summed E-state index contributed by atoms with van der Waals surface area (Å²) in [4.78, 5) is 15.3. The van der Waals surface area contributed by atoms with Crippen molar-refractivity contribution in [3.05, 3.63) is 101 Å². The standard InChI is InChI=1S/C27H30N2O3S/c1-21-13-14-25(19-22(21)2)33(31,32)29-17-15-28(16-18-29)27(30)20-26(23-9-5-3-6-10-23)24-11-7-4-8-12-24/h3-14,19,26H,15-18,20H2,1-2H3. The molecule has 0 aromatic heterocycles. The number of carbonyl (C=O) groups is 1. The Balaban J connectivity index is 1.45. The van der Waals surface area contributed by atoms with Gasteiger partial charge >= 0.3 is 0 Å². The van der Waals surface area contributed by atoms with Crippen molar-refractivity contribution in [3.8, 4) is 0 Å². The Labute approximate surface area is 196 Å². The van der Waals surface area contributed by atoms with Crippen LogP contribution in [-0.2, 0) is 14.8 Å². The fourth-order valence-corrected chi connectivity index (χ4v) is 5.81. The van der Waals surface area contributed by atoms with Crippen molar-refractivity contribution in [2.75, 3.05) is 26.2 Å². The monoisotopic (exact) mass is 462 g/mol. The van der Waals surface area contributed by atoms with Crippen molar-refractivity contribution in [2.45, 2.75) is 31.1 Å². The molecule has 0 spiro atoms. The second kappa shape index (κ2) is 9.89. The third-order valence-electron chi connectivity index (χ3n) is 6.49. The molecule has 0 unspecified atom stereocenters. The van der Waals surface area contributed by atoms with E-state index in [-0.39, 0.29) is 11.8 Å². The van der Waals surface area contributed by atoms with Crippen LogP contribution < -0.4 is 0 Å². The summed E-state index contributed by atoms with van der Waals surface area (Å²) in [6.07, 6.45) is 0.359. The van der Waals surface area contributed by atoms with E-state index in [1.165, 1.54) is 4.31 Å². The first-order valence-corrected chi connectivity index (χ1v) is 12.8. The molecule has 3 aromatic rings. The van der Waals surface area contributed by atoms with Gasteiger partial charge in [0.2, 0.25) is 15.9 Å². The summed E-state index contributed by atoms with van der Waals surface area (Å²) in [7, 11) is -3.56. The summed E-state index contributed by atoms with van der Waals surface area (Å²) in [5, 5.41) is 0. The molecule has 4 rings (SSSR count). The normalized spacial score (nSPS) is 15.1. The number of rotatable bonds is 6. The molecule has 1 heterocycles. The lowest BCUT2D eigenvalue weighted by Crippen LogP contribution is -2.50. The Bertz CT molecular complexity index is 1160. The van der Waals surface area contributed by atoms with Gasteiger partial charge in [-0.05, 0) is 48.2 Å². The maximum absolute atomic E-state index is 13.2. The Morgan fingerprint density at radius 2 is 1.33 bits per heavy atom. The minimum atomic E-state index is -3.56. The molecule has 1 aliphatic heterocycles. The summed E-state index contributed by atoms with van der Waals surface area (Å²) in [6, 6.07) is 25.4. The van der Waals surface area contributed by atoms with E-state index in [0.29, 0.717) is 37.5 Å². The van der Waals surface area contributed by atoms with Crippen LogP contribution in [0.5, 0.6) is 0 Å². The highest BCUT2D eigenvalue weighted by Gasteiger charge is 2.31. The van der Waals surface area contributed by atoms with Crippen LogP contribution in [0.2, 0.25) is 0 Å². The Morgan fingerprint density at radius 3 is 1.85 bits per heavy atom. The minimum absolute atomic E-state index is 0.0304. The van der Waals surface area contributed by atoms with Gasteiger partial charge in [-0.1, -0.05) is 66.7 Å². The van der Waals surface area contributed by atoms with Crippen LogP contribution in [0.3, 0.4) is 0 Å². The third-order valence-corrected chi connectivity index (χ3v) is 8.38. The van der Waals surface area contributed by atoms with Crippen LogP contribution in [0, 0.1) is 13.8 Å². The Kier molecular flexibility index (Phi) is 6.96. The first kappa shape index (κ1) is 23.2. The maximum atomic E-state index is 13.2. The molecular formula is C27H30N2O3S. The van der Waals surface area contributed by atoms with E-state index in [2.05, 4.69) is 24.3 Å². The highest BCUT2D eigenvalue weighted by molar-refractivity contribution is 7.89. The van der Waals surface area contributed by atoms with E-state index in [4.69, 9.17) is 0 Å². The zero-order valence-electron chi connectivity index (χ0n) is 19.1. The van der Waals surface area contributed by atoms with Gasteiger partial charge in [-0.15, -0.1) is 0 Å². The van der Waals surface area contributed by atoms with Gasteiger partial charge < -0.3 is 4.90 Å². The van der Waals surface area contributed by atoms with Gasteiger partial charge in [-0.25, -0.2) is 8.42 Å². The Hall–Kier alpha value is -2.96. The van der Waals surface area contributed by atoms with Crippen molar-refractivity contribution in [1.29, 1.82) is 0 Å². The summed E-state index contributed by atoms with van der Waals surface area (Å²) >= 11 is 0. The first-order valence-electron chi connectivity index (χ1n) is 11.3. The molecule has 1 aliphatic rings. The molecule has 33 heavy (non-hydrogen) atoms. The predicted molar refractivity (Wildman–Crippen MR) is 131 cm³/mol. The summed E-state index contributed by atoms with van der Waals surface area (Å²) < 4.78 is 27.7. The number of carbonyl (C=O) groups excluding carboxylic acids is 1. The van der Waals surface area contributed by atoms with Crippen molar-refractivity contribution in [3.63, 3.8) is 0 Å². The second-order valence-corrected chi connectivity index (χ2v) is 10.5. The molecule has 0 N–H and O–H groups in total. The smallest absolute Gasteiger partial charge is 0.243 e. The first-order chi connectivity index (χ1) is 15.9. The van der Waals surface area contributed by atoms with Crippen molar-refractivity contribution in [1.82, 2.24) is 9.21 Å². The maximum Gasteiger partial charge on any atom is 0.243 e. The number of sulfonamides is 1.